The Kier molecular flexibility index (Phi) is 6.09. The predicted molar refractivity (Wildman–Crippen MR) is 127 cm³/mol. The quantitative estimate of drug-likeness (QED) is 0.627. The van der Waals surface area contributed by atoms with Gasteiger partial charge in [-0.3, -0.25) is 9.59 Å². The molecular formula is C27H32N2O3. The van der Waals surface area contributed by atoms with Gasteiger partial charge < -0.3 is 9.64 Å². The van der Waals surface area contributed by atoms with Crippen molar-refractivity contribution in [3.63, 3.8) is 0 Å². The molecule has 32 heavy (non-hydrogen) atoms. The number of ether oxygens (including phenoxy) is 1. The lowest BCUT2D eigenvalue weighted by atomic mass is 9.90. The average Bonchev–Trinajstić information content (AvgIpc) is 2.98. The van der Waals surface area contributed by atoms with Crippen LogP contribution in [-0.2, 0) is 9.59 Å². The SMILES string of the molecule is CCOc1ccc(N2C(=O)C(c3ccc(C)cc3C)=C(N3CC(C)CC(C)C3)C2=O)cc1. The van der Waals surface area contributed by atoms with Gasteiger partial charge in [0.1, 0.15) is 11.4 Å². The van der Waals surface area contributed by atoms with Crippen molar-refractivity contribution in [2.45, 2.75) is 41.0 Å². The highest BCUT2D eigenvalue weighted by molar-refractivity contribution is 6.45. The number of likely N-dealkylation sites (tertiary alicyclic amines) is 1. The summed E-state index contributed by atoms with van der Waals surface area (Å²) >= 11 is 0. The van der Waals surface area contributed by atoms with E-state index < -0.39 is 0 Å². The fraction of sp³-hybridized carbons (Fsp3) is 0.407. The number of benzene rings is 2. The molecule has 2 aliphatic heterocycles. The van der Waals surface area contributed by atoms with Crippen molar-refractivity contribution in [2.75, 3.05) is 24.6 Å². The van der Waals surface area contributed by atoms with Crippen LogP contribution in [0.5, 0.6) is 5.75 Å². The van der Waals surface area contributed by atoms with Gasteiger partial charge in [0.25, 0.3) is 11.8 Å². The zero-order chi connectivity index (χ0) is 23.0. The van der Waals surface area contributed by atoms with Gasteiger partial charge >= 0.3 is 0 Å². The number of nitrogens with zero attached hydrogens (tertiary/aromatic N) is 2. The third-order valence-corrected chi connectivity index (χ3v) is 6.30. The number of amides is 2. The molecule has 2 aliphatic rings. The molecule has 0 bridgehead atoms. The van der Waals surface area contributed by atoms with Gasteiger partial charge in [-0.05, 0) is 74.4 Å². The number of hydrogen-bond acceptors (Lipinski definition) is 4. The van der Waals surface area contributed by atoms with Gasteiger partial charge in [0.05, 0.1) is 17.9 Å². The lowest BCUT2D eigenvalue weighted by Crippen LogP contribution is -2.42. The Balaban J connectivity index is 1.81. The molecular weight excluding hydrogens is 400 g/mol. The van der Waals surface area contributed by atoms with Crippen molar-refractivity contribution in [1.29, 1.82) is 0 Å². The summed E-state index contributed by atoms with van der Waals surface area (Å²) in [7, 11) is 0. The molecule has 0 saturated carbocycles. The maximum absolute atomic E-state index is 13.8. The fourth-order valence-electron chi connectivity index (χ4n) is 5.09. The van der Waals surface area contributed by atoms with Crippen LogP contribution in [0.4, 0.5) is 5.69 Å². The summed E-state index contributed by atoms with van der Waals surface area (Å²) in [5.74, 6) is 1.15. The summed E-state index contributed by atoms with van der Waals surface area (Å²) in [6, 6.07) is 13.2. The maximum atomic E-state index is 13.8. The molecule has 2 aromatic rings. The summed E-state index contributed by atoms with van der Waals surface area (Å²) < 4.78 is 5.53. The van der Waals surface area contributed by atoms with Crippen LogP contribution in [-0.4, -0.2) is 36.4 Å². The van der Waals surface area contributed by atoms with Crippen molar-refractivity contribution in [3.05, 3.63) is 64.9 Å². The monoisotopic (exact) mass is 432 g/mol. The Bertz CT molecular complexity index is 1060. The van der Waals surface area contributed by atoms with Crippen molar-refractivity contribution in [1.82, 2.24) is 4.90 Å². The molecule has 4 rings (SSSR count). The standard InChI is InChI=1S/C27H32N2O3/c1-6-32-22-10-8-21(9-11-22)29-26(30)24(23-12-7-17(2)14-20(23)5)25(27(29)31)28-15-18(3)13-19(4)16-28/h7-12,14,18-19H,6,13,15-16H2,1-5H3. The Morgan fingerprint density at radius 3 is 2.19 bits per heavy atom. The molecule has 1 saturated heterocycles. The minimum atomic E-state index is -0.257. The van der Waals surface area contributed by atoms with Crippen LogP contribution in [0.25, 0.3) is 5.57 Å². The predicted octanol–water partition coefficient (Wildman–Crippen LogP) is 4.96. The van der Waals surface area contributed by atoms with Crippen LogP contribution >= 0.6 is 0 Å². The van der Waals surface area contributed by atoms with Gasteiger partial charge in [0, 0.05) is 13.1 Å². The number of piperidine rings is 1. The van der Waals surface area contributed by atoms with Crippen molar-refractivity contribution in [2.24, 2.45) is 11.8 Å². The molecule has 168 valence electrons. The fourth-order valence-corrected chi connectivity index (χ4v) is 5.09. The van der Waals surface area contributed by atoms with Crippen molar-refractivity contribution >= 4 is 23.1 Å². The molecule has 2 unspecified atom stereocenters. The van der Waals surface area contributed by atoms with E-state index in [9.17, 15) is 9.59 Å². The minimum Gasteiger partial charge on any atom is -0.494 e. The number of rotatable bonds is 5. The van der Waals surface area contributed by atoms with Crippen LogP contribution in [0.1, 0.15) is 43.9 Å². The van der Waals surface area contributed by atoms with E-state index in [0.29, 0.717) is 35.4 Å². The molecule has 2 atom stereocenters. The zero-order valence-corrected chi connectivity index (χ0v) is 19.6. The van der Waals surface area contributed by atoms with Gasteiger partial charge in [0.2, 0.25) is 0 Å². The van der Waals surface area contributed by atoms with Crippen LogP contribution in [0.2, 0.25) is 0 Å². The molecule has 5 nitrogen and oxygen atoms in total. The van der Waals surface area contributed by atoms with Gasteiger partial charge in [-0.15, -0.1) is 0 Å². The Hall–Kier alpha value is -3.08. The highest BCUT2D eigenvalue weighted by Crippen LogP contribution is 2.38. The number of anilines is 1. The number of hydrogen-bond donors (Lipinski definition) is 0. The zero-order valence-electron chi connectivity index (χ0n) is 19.6. The molecule has 0 radical (unpaired) electrons. The Labute approximate surface area is 190 Å². The first-order valence-electron chi connectivity index (χ1n) is 11.5. The highest BCUT2D eigenvalue weighted by Gasteiger charge is 2.44. The molecule has 0 aromatic heterocycles. The molecule has 2 aromatic carbocycles. The topological polar surface area (TPSA) is 49.9 Å². The third kappa shape index (κ3) is 4.04. The largest absolute Gasteiger partial charge is 0.494 e. The number of aryl methyl sites for hydroxylation is 2. The molecule has 1 fully saturated rings. The molecule has 2 heterocycles. The summed E-state index contributed by atoms with van der Waals surface area (Å²) in [5, 5.41) is 0. The van der Waals surface area contributed by atoms with Gasteiger partial charge in [-0.1, -0.05) is 37.6 Å². The molecule has 0 N–H and O–H groups in total. The van der Waals surface area contributed by atoms with Gasteiger partial charge in [0.15, 0.2) is 0 Å². The average molecular weight is 433 g/mol. The second kappa shape index (κ2) is 8.81. The first kappa shape index (κ1) is 22.1. The number of carbonyl (C=O) groups is 2. The second-order valence-electron chi connectivity index (χ2n) is 9.27. The van der Waals surface area contributed by atoms with E-state index in [4.69, 9.17) is 4.74 Å². The van der Waals surface area contributed by atoms with E-state index >= 15 is 0 Å². The van der Waals surface area contributed by atoms with Gasteiger partial charge in [-0.2, -0.15) is 0 Å². The highest BCUT2D eigenvalue weighted by atomic mass is 16.5. The number of carbonyl (C=O) groups excluding carboxylic acids is 2. The second-order valence-corrected chi connectivity index (χ2v) is 9.27. The molecule has 2 amide bonds. The first-order chi connectivity index (χ1) is 15.3. The van der Waals surface area contributed by atoms with E-state index in [1.165, 1.54) is 4.90 Å². The van der Waals surface area contributed by atoms with E-state index in [2.05, 4.69) is 24.8 Å². The summed E-state index contributed by atoms with van der Waals surface area (Å²) in [4.78, 5) is 31.0. The lowest BCUT2D eigenvalue weighted by Gasteiger charge is -2.37. The number of imide groups is 1. The van der Waals surface area contributed by atoms with E-state index in [0.717, 1.165) is 42.0 Å². The minimum absolute atomic E-state index is 0.240. The summed E-state index contributed by atoms with van der Waals surface area (Å²) in [6.07, 6.45) is 1.13. The van der Waals surface area contributed by atoms with Crippen LogP contribution in [0.15, 0.2) is 48.2 Å². The maximum Gasteiger partial charge on any atom is 0.282 e. The van der Waals surface area contributed by atoms with Crippen molar-refractivity contribution in [3.8, 4) is 5.75 Å². The van der Waals surface area contributed by atoms with E-state index in [1.54, 1.807) is 24.3 Å². The summed E-state index contributed by atoms with van der Waals surface area (Å²) in [6.45, 7) is 12.5. The van der Waals surface area contributed by atoms with Crippen molar-refractivity contribution < 1.29 is 14.3 Å². The Morgan fingerprint density at radius 1 is 0.938 bits per heavy atom. The molecule has 0 aliphatic carbocycles. The van der Waals surface area contributed by atoms with Gasteiger partial charge in [-0.25, -0.2) is 4.90 Å². The lowest BCUT2D eigenvalue weighted by molar-refractivity contribution is -0.120. The summed E-state index contributed by atoms with van der Waals surface area (Å²) in [5.41, 5.74) is 4.60. The van der Waals surface area contributed by atoms with Crippen LogP contribution in [0, 0.1) is 25.7 Å². The normalized spacial score (nSPS) is 21.5. The Morgan fingerprint density at radius 2 is 1.59 bits per heavy atom. The first-order valence-corrected chi connectivity index (χ1v) is 11.5. The van der Waals surface area contributed by atoms with E-state index in [1.807, 2.05) is 32.9 Å². The van der Waals surface area contributed by atoms with Crippen LogP contribution in [0.3, 0.4) is 0 Å². The van der Waals surface area contributed by atoms with Crippen LogP contribution < -0.4 is 9.64 Å². The molecule has 5 heteroatoms. The smallest absolute Gasteiger partial charge is 0.282 e. The third-order valence-electron chi connectivity index (χ3n) is 6.30. The van der Waals surface area contributed by atoms with E-state index in [-0.39, 0.29) is 11.8 Å². The molecule has 0 spiro atoms.